The molecule has 0 bridgehead atoms. The summed E-state index contributed by atoms with van der Waals surface area (Å²) in [5.74, 6) is 1.12. The molecule has 0 aromatic carbocycles. The summed E-state index contributed by atoms with van der Waals surface area (Å²) in [6, 6.07) is 0. The van der Waals surface area contributed by atoms with Crippen molar-refractivity contribution in [2.75, 3.05) is 20.6 Å². The van der Waals surface area contributed by atoms with Gasteiger partial charge in [0, 0.05) is 25.6 Å². The van der Waals surface area contributed by atoms with Crippen LogP contribution in [0.5, 0.6) is 0 Å². The fraction of sp³-hybridized carbons (Fsp3) is 0.929. The van der Waals surface area contributed by atoms with E-state index >= 15 is 0 Å². The molecule has 0 atom stereocenters. The van der Waals surface area contributed by atoms with E-state index in [1.54, 1.807) is 0 Å². The van der Waals surface area contributed by atoms with Crippen LogP contribution in [0.25, 0.3) is 0 Å². The number of rotatable bonds is 5. The zero-order valence-corrected chi connectivity index (χ0v) is 11.3. The van der Waals surface area contributed by atoms with E-state index in [1.165, 1.54) is 32.1 Å². The molecule has 2 fully saturated rings. The molecule has 1 amide bonds. The average molecular weight is 238 g/mol. The molecule has 0 unspecified atom stereocenters. The minimum Gasteiger partial charge on any atom is -0.345 e. The Morgan fingerprint density at radius 2 is 1.94 bits per heavy atom. The molecule has 0 aromatic rings. The van der Waals surface area contributed by atoms with Gasteiger partial charge in [0.15, 0.2) is 0 Å². The molecule has 2 aliphatic rings. The molecule has 0 aliphatic heterocycles. The molecule has 1 N–H and O–H groups in total. The van der Waals surface area contributed by atoms with Gasteiger partial charge in [-0.2, -0.15) is 0 Å². The largest absolute Gasteiger partial charge is 0.345 e. The molecule has 0 saturated heterocycles. The highest BCUT2D eigenvalue weighted by molar-refractivity contribution is 5.77. The van der Waals surface area contributed by atoms with Gasteiger partial charge < -0.3 is 10.2 Å². The first-order valence-corrected chi connectivity index (χ1v) is 7.08. The Morgan fingerprint density at radius 3 is 2.47 bits per heavy atom. The van der Waals surface area contributed by atoms with Gasteiger partial charge >= 0.3 is 0 Å². The van der Waals surface area contributed by atoms with E-state index in [0.717, 1.165) is 25.3 Å². The second-order valence-corrected chi connectivity index (χ2v) is 5.99. The lowest BCUT2D eigenvalue weighted by Gasteiger charge is -2.37. The fourth-order valence-corrected chi connectivity index (χ4v) is 2.96. The van der Waals surface area contributed by atoms with Gasteiger partial charge in [0.2, 0.25) is 5.91 Å². The van der Waals surface area contributed by atoms with E-state index < -0.39 is 0 Å². The van der Waals surface area contributed by atoms with Gasteiger partial charge in [-0.1, -0.05) is 19.3 Å². The van der Waals surface area contributed by atoms with E-state index in [-0.39, 0.29) is 5.54 Å². The number of carbonyl (C=O) groups excluding carboxylic acids is 1. The molecule has 3 nitrogen and oxygen atoms in total. The highest BCUT2D eigenvalue weighted by atomic mass is 16.2. The summed E-state index contributed by atoms with van der Waals surface area (Å²) in [7, 11) is 3.98. The summed E-state index contributed by atoms with van der Waals surface area (Å²) >= 11 is 0. The molecule has 17 heavy (non-hydrogen) atoms. The van der Waals surface area contributed by atoms with E-state index in [2.05, 4.69) is 5.32 Å². The third kappa shape index (κ3) is 3.44. The molecule has 2 rings (SSSR count). The summed E-state index contributed by atoms with van der Waals surface area (Å²) in [4.78, 5) is 14.2. The van der Waals surface area contributed by atoms with Crippen LogP contribution in [0, 0.1) is 5.92 Å². The van der Waals surface area contributed by atoms with E-state index in [9.17, 15) is 4.79 Å². The molecule has 0 radical (unpaired) electrons. The van der Waals surface area contributed by atoms with Crippen molar-refractivity contribution in [1.82, 2.24) is 10.2 Å². The van der Waals surface area contributed by atoms with Crippen molar-refractivity contribution in [3.63, 3.8) is 0 Å². The maximum atomic E-state index is 12.2. The fourth-order valence-electron chi connectivity index (χ4n) is 2.96. The second-order valence-electron chi connectivity index (χ2n) is 5.99. The Bertz CT molecular complexity index is 267. The summed E-state index contributed by atoms with van der Waals surface area (Å²) in [6.45, 7) is 0.971. The van der Waals surface area contributed by atoms with Gasteiger partial charge in [0.25, 0.3) is 0 Å². The van der Waals surface area contributed by atoms with Crippen molar-refractivity contribution in [2.24, 2.45) is 5.92 Å². The highest BCUT2D eigenvalue weighted by Gasteiger charge is 2.34. The van der Waals surface area contributed by atoms with Crippen LogP contribution >= 0.6 is 0 Å². The quantitative estimate of drug-likeness (QED) is 0.796. The van der Waals surface area contributed by atoms with Crippen LogP contribution in [-0.2, 0) is 4.79 Å². The Morgan fingerprint density at radius 1 is 1.29 bits per heavy atom. The Kier molecular flexibility index (Phi) is 4.08. The van der Waals surface area contributed by atoms with Crippen molar-refractivity contribution in [1.29, 1.82) is 0 Å². The average Bonchev–Trinajstić information content (AvgIpc) is 3.14. The first-order valence-electron chi connectivity index (χ1n) is 7.08. The molecular weight excluding hydrogens is 212 g/mol. The zero-order valence-electron chi connectivity index (χ0n) is 11.3. The Hall–Kier alpha value is -0.570. The predicted octanol–water partition coefficient (Wildman–Crippen LogP) is 2.17. The van der Waals surface area contributed by atoms with Crippen molar-refractivity contribution in [2.45, 2.75) is 56.9 Å². The van der Waals surface area contributed by atoms with Crippen LogP contribution < -0.4 is 5.32 Å². The van der Waals surface area contributed by atoms with Gasteiger partial charge in [-0.05, 0) is 38.6 Å². The maximum Gasteiger partial charge on any atom is 0.224 e. The molecule has 98 valence electrons. The zero-order chi connectivity index (χ0) is 12.3. The third-order valence-corrected chi connectivity index (χ3v) is 4.49. The molecule has 0 aromatic heterocycles. The molecule has 2 aliphatic carbocycles. The number of nitrogens with one attached hydrogen (secondary N) is 1. The Balaban J connectivity index is 1.85. The van der Waals surface area contributed by atoms with E-state index in [1.807, 2.05) is 19.0 Å². The monoisotopic (exact) mass is 238 g/mol. The molecule has 0 heterocycles. The number of amides is 1. The van der Waals surface area contributed by atoms with Crippen LogP contribution in [0.15, 0.2) is 0 Å². The highest BCUT2D eigenvalue weighted by Crippen LogP contribution is 2.32. The first kappa shape index (κ1) is 12.9. The summed E-state index contributed by atoms with van der Waals surface area (Å²) in [5.41, 5.74) is 0.0904. The maximum absolute atomic E-state index is 12.2. The van der Waals surface area contributed by atoms with Crippen LogP contribution in [-0.4, -0.2) is 37.0 Å². The van der Waals surface area contributed by atoms with Gasteiger partial charge in [-0.15, -0.1) is 0 Å². The molecule has 0 spiro atoms. The Labute approximate surface area is 105 Å². The SMILES string of the molecule is CNC1(CC(=O)N(C)CC2CC2)CCCCC1. The smallest absolute Gasteiger partial charge is 0.224 e. The van der Waals surface area contributed by atoms with Crippen molar-refractivity contribution in [3.8, 4) is 0 Å². The van der Waals surface area contributed by atoms with Crippen molar-refractivity contribution < 1.29 is 4.79 Å². The predicted molar refractivity (Wildman–Crippen MR) is 69.9 cm³/mol. The number of hydrogen-bond acceptors (Lipinski definition) is 2. The lowest BCUT2D eigenvalue weighted by molar-refractivity contribution is -0.132. The van der Waals surface area contributed by atoms with Gasteiger partial charge in [0.05, 0.1) is 0 Å². The van der Waals surface area contributed by atoms with Crippen LogP contribution in [0.1, 0.15) is 51.4 Å². The molecular formula is C14H26N2O. The van der Waals surface area contributed by atoms with Crippen LogP contribution in [0.2, 0.25) is 0 Å². The van der Waals surface area contributed by atoms with Gasteiger partial charge in [-0.3, -0.25) is 4.79 Å². The minimum absolute atomic E-state index is 0.0904. The third-order valence-electron chi connectivity index (χ3n) is 4.49. The van der Waals surface area contributed by atoms with E-state index in [4.69, 9.17) is 0 Å². The second kappa shape index (κ2) is 5.38. The summed E-state index contributed by atoms with van der Waals surface area (Å²) in [5, 5.41) is 3.42. The lowest BCUT2D eigenvalue weighted by atomic mass is 9.79. The minimum atomic E-state index is 0.0904. The molecule has 3 heteroatoms. The van der Waals surface area contributed by atoms with Gasteiger partial charge in [0.1, 0.15) is 0 Å². The number of carbonyl (C=O) groups is 1. The lowest BCUT2D eigenvalue weighted by Crippen LogP contribution is -2.48. The van der Waals surface area contributed by atoms with Crippen molar-refractivity contribution >= 4 is 5.91 Å². The number of nitrogens with zero attached hydrogens (tertiary/aromatic N) is 1. The standard InChI is InChI=1S/C14H26N2O/c1-15-14(8-4-3-5-9-14)10-13(17)16(2)11-12-6-7-12/h12,15H,3-11H2,1-2H3. The molecule has 2 saturated carbocycles. The first-order chi connectivity index (χ1) is 8.15. The summed E-state index contributed by atoms with van der Waals surface area (Å²) < 4.78 is 0. The number of hydrogen-bond donors (Lipinski definition) is 1. The van der Waals surface area contributed by atoms with Crippen molar-refractivity contribution in [3.05, 3.63) is 0 Å². The summed E-state index contributed by atoms with van der Waals surface area (Å²) in [6.07, 6.45) is 9.49. The topological polar surface area (TPSA) is 32.3 Å². The van der Waals surface area contributed by atoms with Crippen LogP contribution in [0.4, 0.5) is 0 Å². The normalized spacial score (nSPS) is 23.4. The van der Waals surface area contributed by atoms with E-state index in [0.29, 0.717) is 12.3 Å². The van der Waals surface area contributed by atoms with Gasteiger partial charge in [-0.25, -0.2) is 0 Å². The van der Waals surface area contributed by atoms with Crippen LogP contribution in [0.3, 0.4) is 0 Å².